The topological polar surface area (TPSA) is 43.2 Å². The van der Waals surface area contributed by atoms with Gasteiger partial charge in [-0.25, -0.2) is 0 Å². The van der Waals surface area contributed by atoms with E-state index in [9.17, 15) is 0 Å². The maximum absolute atomic E-state index is 4.39. The second-order valence-electron chi connectivity index (χ2n) is 1.53. The van der Waals surface area contributed by atoms with Crippen molar-refractivity contribution in [3.05, 3.63) is 0 Å². The molecule has 60 valence electrons. The van der Waals surface area contributed by atoms with Gasteiger partial charge in [0.15, 0.2) is 0 Å². The zero-order chi connectivity index (χ0) is 8.41. The molecular formula is C6H14N2O2. The van der Waals surface area contributed by atoms with Crippen LogP contribution >= 0.6 is 0 Å². The van der Waals surface area contributed by atoms with E-state index in [1.54, 1.807) is 0 Å². The van der Waals surface area contributed by atoms with Crippen molar-refractivity contribution in [3.63, 3.8) is 0 Å². The first-order valence-corrected chi connectivity index (χ1v) is 2.72. The Hall–Kier alpha value is -1.06. The molecule has 0 aliphatic rings. The molecule has 0 atom stereocenters. The van der Waals surface area contributed by atoms with E-state index in [4.69, 9.17) is 0 Å². The lowest BCUT2D eigenvalue weighted by Gasteiger charge is -1.83. The Balaban J connectivity index is 0. The number of oxime groups is 2. The van der Waals surface area contributed by atoms with Crippen LogP contribution < -0.4 is 0 Å². The van der Waals surface area contributed by atoms with E-state index >= 15 is 0 Å². The van der Waals surface area contributed by atoms with Gasteiger partial charge in [0.05, 0.1) is 5.71 Å². The minimum atomic E-state index is 0.942. The molecule has 0 aromatic rings. The van der Waals surface area contributed by atoms with E-state index in [1.165, 1.54) is 14.2 Å². The molecule has 0 radical (unpaired) electrons. The molecule has 0 unspecified atom stereocenters. The summed E-state index contributed by atoms with van der Waals surface area (Å²) in [5.74, 6) is 0. The Kier molecular flexibility index (Phi) is 12.7. The summed E-state index contributed by atoms with van der Waals surface area (Å²) in [7, 11) is 2.99. The number of nitrogens with zero attached hydrogens (tertiary/aromatic N) is 2. The van der Waals surface area contributed by atoms with Crippen LogP contribution in [0.3, 0.4) is 0 Å². The van der Waals surface area contributed by atoms with Crippen LogP contribution in [0.1, 0.15) is 13.8 Å². The third kappa shape index (κ3) is 28.3. The van der Waals surface area contributed by atoms with Crippen LogP contribution in [0.2, 0.25) is 0 Å². The molecule has 0 aliphatic carbocycles. The Morgan fingerprint density at radius 3 is 1.60 bits per heavy atom. The summed E-state index contributed by atoms with van der Waals surface area (Å²) in [5.41, 5.74) is 0.942. The van der Waals surface area contributed by atoms with Gasteiger partial charge in [-0.2, -0.15) is 0 Å². The molecule has 0 fully saturated rings. The quantitative estimate of drug-likeness (QED) is 0.435. The normalized spacial score (nSPS) is 6.40. The number of rotatable bonds is 2. The van der Waals surface area contributed by atoms with Gasteiger partial charge in [-0.05, 0) is 13.8 Å². The molecule has 0 heterocycles. The standard InChI is InChI=1S/C4H9NO.C2H5NO/c1-4(2)5-6-3;1-3-4-2/h1-3H3;1H2,2H3. The molecule has 0 saturated heterocycles. The fraction of sp³-hybridized carbons (Fsp3) is 0.667. The molecule has 0 rings (SSSR count). The molecule has 0 bridgehead atoms. The Labute approximate surface area is 61.5 Å². The molecule has 10 heavy (non-hydrogen) atoms. The van der Waals surface area contributed by atoms with E-state index in [-0.39, 0.29) is 0 Å². The molecule has 0 N–H and O–H groups in total. The van der Waals surface area contributed by atoms with Gasteiger partial charge in [0.1, 0.15) is 14.2 Å². The molecule has 0 saturated carbocycles. The Bertz CT molecular complexity index is 97.9. The minimum Gasteiger partial charge on any atom is -0.400 e. The van der Waals surface area contributed by atoms with Crippen LogP contribution in [0.25, 0.3) is 0 Å². The first-order valence-electron chi connectivity index (χ1n) is 2.72. The van der Waals surface area contributed by atoms with Crippen molar-refractivity contribution in [2.45, 2.75) is 13.8 Å². The minimum absolute atomic E-state index is 0.942. The van der Waals surface area contributed by atoms with Crippen molar-refractivity contribution in [2.24, 2.45) is 10.3 Å². The van der Waals surface area contributed by atoms with Crippen LogP contribution in [0.5, 0.6) is 0 Å². The fourth-order valence-corrected chi connectivity index (χ4v) is 0.183. The van der Waals surface area contributed by atoms with Crippen LogP contribution in [-0.2, 0) is 9.68 Å². The van der Waals surface area contributed by atoms with Crippen molar-refractivity contribution < 1.29 is 9.68 Å². The molecule has 4 nitrogen and oxygen atoms in total. The van der Waals surface area contributed by atoms with E-state index in [0.29, 0.717) is 0 Å². The molecular weight excluding hydrogens is 132 g/mol. The summed E-state index contributed by atoms with van der Waals surface area (Å²) in [5, 5.41) is 6.53. The first-order chi connectivity index (χ1) is 4.68. The zero-order valence-electron chi connectivity index (χ0n) is 6.92. The highest BCUT2D eigenvalue weighted by Crippen LogP contribution is 1.71. The maximum Gasteiger partial charge on any atom is 0.106 e. The molecule has 0 spiro atoms. The van der Waals surface area contributed by atoms with Crippen LogP contribution in [-0.4, -0.2) is 26.6 Å². The smallest absolute Gasteiger partial charge is 0.106 e. The van der Waals surface area contributed by atoms with Gasteiger partial charge < -0.3 is 9.68 Å². The molecule has 0 aromatic heterocycles. The van der Waals surface area contributed by atoms with Crippen molar-refractivity contribution in [1.82, 2.24) is 0 Å². The summed E-state index contributed by atoms with van der Waals surface area (Å²) in [6.07, 6.45) is 0. The second-order valence-corrected chi connectivity index (χ2v) is 1.53. The third-order valence-corrected chi connectivity index (χ3v) is 0.403. The fourth-order valence-electron chi connectivity index (χ4n) is 0.183. The van der Waals surface area contributed by atoms with E-state index in [1.807, 2.05) is 13.8 Å². The SMILES string of the molecule is C=NOC.CON=C(C)C. The van der Waals surface area contributed by atoms with Crippen LogP contribution in [0.15, 0.2) is 10.3 Å². The van der Waals surface area contributed by atoms with Gasteiger partial charge in [0.25, 0.3) is 0 Å². The summed E-state index contributed by atoms with van der Waals surface area (Å²) in [6.45, 7) is 6.76. The molecule has 0 aliphatic heterocycles. The lowest BCUT2D eigenvalue weighted by atomic mass is 10.5. The molecule has 0 amide bonds. The van der Waals surface area contributed by atoms with E-state index < -0.39 is 0 Å². The highest BCUT2D eigenvalue weighted by atomic mass is 16.6. The average molecular weight is 146 g/mol. The highest BCUT2D eigenvalue weighted by molar-refractivity contribution is 5.78. The number of hydrogen-bond acceptors (Lipinski definition) is 4. The maximum atomic E-state index is 4.39. The van der Waals surface area contributed by atoms with Crippen LogP contribution in [0, 0.1) is 0 Å². The first kappa shape index (κ1) is 11.7. The second kappa shape index (κ2) is 10.8. The van der Waals surface area contributed by atoms with Gasteiger partial charge in [0, 0.05) is 6.72 Å². The van der Waals surface area contributed by atoms with Crippen molar-refractivity contribution in [1.29, 1.82) is 0 Å². The predicted octanol–water partition coefficient (Wildman–Crippen LogP) is 1.28. The molecule has 0 aromatic carbocycles. The summed E-state index contributed by atoms with van der Waals surface area (Å²) in [4.78, 5) is 8.45. The highest BCUT2D eigenvalue weighted by Gasteiger charge is 1.69. The Morgan fingerprint density at radius 2 is 1.60 bits per heavy atom. The number of hydrogen-bond donors (Lipinski definition) is 0. The summed E-state index contributed by atoms with van der Waals surface area (Å²) < 4.78 is 0. The lowest BCUT2D eigenvalue weighted by molar-refractivity contribution is 0.213. The van der Waals surface area contributed by atoms with Gasteiger partial charge >= 0.3 is 0 Å². The Morgan fingerprint density at radius 1 is 1.20 bits per heavy atom. The monoisotopic (exact) mass is 146 g/mol. The van der Waals surface area contributed by atoms with Gasteiger partial charge in [0.2, 0.25) is 0 Å². The van der Waals surface area contributed by atoms with Crippen molar-refractivity contribution in [3.8, 4) is 0 Å². The van der Waals surface area contributed by atoms with Gasteiger partial charge in [-0.15, -0.1) is 5.16 Å². The third-order valence-electron chi connectivity index (χ3n) is 0.403. The average Bonchev–Trinajstić information content (AvgIpc) is 1.89. The van der Waals surface area contributed by atoms with Crippen molar-refractivity contribution in [2.75, 3.05) is 14.2 Å². The van der Waals surface area contributed by atoms with E-state index in [2.05, 4.69) is 26.7 Å². The van der Waals surface area contributed by atoms with E-state index in [0.717, 1.165) is 5.71 Å². The summed E-state index contributed by atoms with van der Waals surface area (Å²) in [6, 6.07) is 0. The molecule has 4 heteroatoms. The zero-order valence-corrected chi connectivity index (χ0v) is 6.92. The van der Waals surface area contributed by atoms with Crippen LogP contribution in [0.4, 0.5) is 0 Å². The predicted molar refractivity (Wildman–Crippen MR) is 42.4 cm³/mol. The lowest BCUT2D eigenvalue weighted by Crippen LogP contribution is -1.79. The summed E-state index contributed by atoms with van der Waals surface area (Å²) >= 11 is 0. The van der Waals surface area contributed by atoms with Gasteiger partial charge in [-0.3, -0.25) is 0 Å². The van der Waals surface area contributed by atoms with Gasteiger partial charge in [-0.1, -0.05) is 5.16 Å². The van der Waals surface area contributed by atoms with Crippen molar-refractivity contribution >= 4 is 12.4 Å². The largest absolute Gasteiger partial charge is 0.400 e.